The van der Waals surface area contributed by atoms with Gasteiger partial charge in [-0.2, -0.15) is 5.10 Å². The normalized spacial score (nSPS) is 11.0. The number of amidine groups is 1. The van der Waals surface area contributed by atoms with Gasteiger partial charge >= 0.3 is 0 Å². The Morgan fingerprint density at radius 3 is 2.82 bits per heavy atom. The van der Waals surface area contributed by atoms with E-state index in [4.69, 9.17) is 11.1 Å². The third-order valence-corrected chi connectivity index (χ3v) is 3.24. The number of hydrogen-bond acceptors (Lipinski definition) is 4. The Bertz CT molecular complexity index is 886. The number of aryl methyl sites for hydroxylation is 1. The van der Waals surface area contributed by atoms with E-state index in [1.165, 1.54) is 36.0 Å². The average Bonchev–Trinajstić information content (AvgIpc) is 2.80. The van der Waals surface area contributed by atoms with Crippen LogP contribution in [0.5, 0.6) is 0 Å². The summed E-state index contributed by atoms with van der Waals surface area (Å²) >= 11 is 0. The summed E-state index contributed by atoms with van der Waals surface area (Å²) in [5.74, 6) is -1.30. The van der Waals surface area contributed by atoms with Crippen LogP contribution in [0, 0.1) is 24.0 Å². The minimum absolute atomic E-state index is 0.00846. The number of aromatic nitrogens is 4. The van der Waals surface area contributed by atoms with Crippen molar-refractivity contribution in [2.75, 3.05) is 0 Å². The lowest BCUT2D eigenvalue weighted by Crippen LogP contribution is -2.13. The average molecular weight is 302 g/mol. The summed E-state index contributed by atoms with van der Waals surface area (Å²) in [4.78, 5) is 8.08. The standard InChI is InChI=1S/C14H12F2N6/c1-7-10(16)5-8-12(13(17)18)21-22(14(8)20-7)6-11-9(15)3-2-4-19-11/h2-5H,6H2,1H3,(H3,17,18). The van der Waals surface area contributed by atoms with Crippen LogP contribution in [0.1, 0.15) is 17.1 Å². The lowest BCUT2D eigenvalue weighted by atomic mass is 10.2. The molecule has 3 aromatic heterocycles. The predicted molar refractivity (Wildman–Crippen MR) is 76.5 cm³/mol. The molecular formula is C14H12F2N6. The van der Waals surface area contributed by atoms with Gasteiger partial charge in [-0.25, -0.2) is 18.4 Å². The van der Waals surface area contributed by atoms with Crippen molar-refractivity contribution in [1.82, 2.24) is 19.7 Å². The minimum atomic E-state index is -0.515. The topological polar surface area (TPSA) is 93.5 Å². The fourth-order valence-electron chi connectivity index (χ4n) is 2.15. The molecule has 0 aliphatic carbocycles. The second-order valence-electron chi connectivity index (χ2n) is 4.78. The molecule has 3 heterocycles. The molecule has 3 N–H and O–H groups in total. The maximum Gasteiger partial charge on any atom is 0.159 e. The first-order chi connectivity index (χ1) is 10.5. The Kier molecular flexibility index (Phi) is 3.28. The number of nitrogens with zero attached hydrogens (tertiary/aromatic N) is 4. The van der Waals surface area contributed by atoms with E-state index in [9.17, 15) is 8.78 Å². The zero-order valence-electron chi connectivity index (χ0n) is 11.6. The highest BCUT2D eigenvalue weighted by atomic mass is 19.1. The van der Waals surface area contributed by atoms with Crippen LogP contribution in [-0.4, -0.2) is 25.6 Å². The zero-order chi connectivity index (χ0) is 15.9. The molecule has 0 spiro atoms. The summed E-state index contributed by atoms with van der Waals surface area (Å²) in [5, 5.41) is 12.0. The van der Waals surface area contributed by atoms with Crippen LogP contribution in [0.25, 0.3) is 11.0 Å². The highest BCUT2D eigenvalue weighted by molar-refractivity contribution is 6.04. The van der Waals surface area contributed by atoms with Gasteiger partial charge < -0.3 is 5.73 Å². The molecule has 0 fully saturated rings. The molecule has 8 heteroatoms. The molecule has 6 nitrogen and oxygen atoms in total. The van der Waals surface area contributed by atoms with Crippen molar-refractivity contribution in [2.24, 2.45) is 5.73 Å². The molecule has 0 aromatic carbocycles. The molecule has 0 atom stereocenters. The predicted octanol–water partition coefficient (Wildman–Crippen LogP) is 1.75. The van der Waals surface area contributed by atoms with Crippen molar-refractivity contribution in [3.05, 3.63) is 53.1 Å². The quantitative estimate of drug-likeness (QED) is 0.569. The number of rotatable bonds is 3. The van der Waals surface area contributed by atoms with E-state index < -0.39 is 11.6 Å². The molecule has 0 saturated heterocycles. The summed E-state index contributed by atoms with van der Waals surface area (Å²) in [6.07, 6.45) is 1.47. The zero-order valence-corrected chi connectivity index (χ0v) is 11.6. The van der Waals surface area contributed by atoms with Gasteiger partial charge in [-0.05, 0) is 25.1 Å². The number of nitrogens with two attached hydrogens (primary N) is 1. The van der Waals surface area contributed by atoms with Gasteiger partial charge in [0.2, 0.25) is 0 Å². The smallest absolute Gasteiger partial charge is 0.159 e. The highest BCUT2D eigenvalue weighted by Crippen LogP contribution is 2.20. The van der Waals surface area contributed by atoms with Crippen molar-refractivity contribution >= 4 is 16.9 Å². The molecule has 112 valence electrons. The van der Waals surface area contributed by atoms with E-state index in [-0.39, 0.29) is 29.5 Å². The monoisotopic (exact) mass is 302 g/mol. The molecule has 0 bridgehead atoms. The fraction of sp³-hybridized carbons (Fsp3) is 0.143. The molecule has 0 amide bonds. The van der Waals surface area contributed by atoms with Gasteiger partial charge in [-0.3, -0.25) is 10.4 Å². The summed E-state index contributed by atoms with van der Waals surface area (Å²) in [6.45, 7) is 1.52. The molecule has 0 aliphatic heterocycles. The minimum Gasteiger partial charge on any atom is -0.382 e. The van der Waals surface area contributed by atoms with Crippen molar-refractivity contribution in [3.8, 4) is 0 Å². The van der Waals surface area contributed by atoms with E-state index in [1.54, 1.807) is 0 Å². The van der Waals surface area contributed by atoms with Gasteiger partial charge in [0, 0.05) is 6.20 Å². The fourth-order valence-corrected chi connectivity index (χ4v) is 2.15. The van der Waals surface area contributed by atoms with Crippen LogP contribution < -0.4 is 5.73 Å². The second-order valence-corrected chi connectivity index (χ2v) is 4.78. The lowest BCUT2D eigenvalue weighted by Gasteiger charge is -2.04. The van der Waals surface area contributed by atoms with Gasteiger partial charge in [0.1, 0.15) is 23.2 Å². The maximum absolute atomic E-state index is 13.7. The van der Waals surface area contributed by atoms with E-state index >= 15 is 0 Å². The van der Waals surface area contributed by atoms with Gasteiger partial charge in [0.15, 0.2) is 5.65 Å². The molecule has 22 heavy (non-hydrogen) atoms. The van der Waals surface area contributed by atoms with Crippen molar-refractivity contribution < 1.29 is 8.78 Å². The lowest BCUT2D eigenvalue weighted by molar-refractivity contribution is 0.573. The molecule has 0 radical (unpaired) electrons. The van der Waals surface area contributed by atoms with Crippen LogP contribution in [-0.2, 0) is 6.54 Å². The molecule has 0 saturated carbocycles. The van der Waals surface area contributed by atoms with Crippen molar-refractivity contribution in [3.63, 3.8) is 0 Å². The number of hydrogen-bond donors (Lipinski definition) is 2. The Morgan fingerprint density at radius 2 is 2.14 bits per heavy atom. The van der Waals surface area contributed by atoms with Gasteiger partial charge in [0.05, 0.1) is 23.3 Å². The number of halogens is 2. The first-order valence-corrected chi connectivity index (χ1v) is 6.45. The Labute approximate surface area is 124 Å². The van der Waals surface area contributed by atoms with Gasteiger partial charge in [-0.15, -0.1) is 0 Å². The summed E-state index contributed by atoms with van der Waals surface area (Å²) in [5.41, 5.74) is 6.27. The number of pyridine rings is 2. The SMILES string of the molecule is Cc1nc2c(cc1F)c(C(=N)N)nn2Cc1ncccc1F. The van der Waals surface area contributed by atoms with Gasteiger partial charge in [-0.1, -0.05) is 0 Å². The second kappa shape index (κ2) is 5.14. The van der Waals surface area contributed by atoms with Crippen LogP contribution in [0.2, 0.25) is 0 Å². The first-order valence-electron chi connectivity index (χ1n) is 6.45. The molecule has 3 aromatic rings. The third-order valence-electron chi connectivity index (χ3n) is 3.24. The van der Waals surface area contributed by atoms with Crippen LogP contribution in [0.3, 0.4) is 0 Å². The molecule has 3 rings (SSSR count). The number of nitrogens with one attached hydrogen (secondary N) is 1. The van der Waals surface area contributed by atoms with Gasteiger partial charge in [0.25, 0.3) is 0 Å². The molecule has 0 aliphatic rings. The van der Waals surface area contributed by atoms with Crippen molar-refractivity contribution in [1.29, 1.82) is 5.41 Å². The highest BCUT2D eigenvalue weighted by Gasteiger charge is 2.17. The maximum atomic E-state index is 13.7. The molecular weight excluding hydrogens is 290 g/mol. The largest absolute Gasteiger partial charge is 0.382 e. The Morgan fingerprint density at radius 1 is 1.36 bits per heavy atom. The molecule has 0 unspecified atom stereocenters. The number of nitrogen functional groups attached to an aromatic ring is 1. The van der Waals surface area contributed by atoms with E-state index in [0.717, 1.165) is 0 Å². The summed E-state index contributed by atoms with van der Waals surface area (Å²) in [7, 11) is 0. The van der Waals surface area contributed by atoms with Crippen LogP contribution in [0.15, 0.2) is 24.4 Å². The number of fused-ring (bicyclic) bond motifs is 1. The summed E-state index contributed by atoms with van der Waals surface area (Å²) in [6, 6.07) is 4.00. The first kappa shape index (κ1) is 14.1. The Balaban J connectivity index is 2.19. The van der Waals surface area contributed by atoms with E-state index in [1.807, 2.05) is 0 Å². The Hall–Kier alpha value is -2.90. The van der Waals surface area contributed by atoms with Crippen LogP contribution in [0.4, 0.5) is 8.78 Å². The van der Waals surface area contributed by atoms with E-state index in [0.29, 0.717) is 11.0 Å². The third kappa shape index (κ3) is 2.28. The van der Waals surface area contributed by atoms with Crippen LogP contribution >= 0.6 is 0 Å². The van der Waals surface area contributed by atoms with E-state index in [2.05, 4.69) is 15.1 Å². The van der Waals surface area contributed by atoms with Crippen molar-refractivity contribution in [2.45, 2.75) is 13.5 Å². The summed E-state index contributed by atoms with van der Waals surface area (Å²) < 4.78 is 28.8.